The highest BCUT2D eigenvalue weighted by molar-refractivity contribution is 5.81. The molecule has 1 fully saturated rings. The Balaban J connectivity index is 2.28. The Morgan fingerprint density at radius 1 is 1.35 bits per heavy atom. The van der Waals surface area contributed by atoms with Gasteiger partial charge in [-0.05, 0) is 32.4 Å². The molecular formula is C14H19NO2. The summed E-state index contributed by atoms with van der Waals surface area (Å²) in [7, 11) is 3.36. The van der Waals surface area contributed by atoms with Crippen molar-refractivity contribution < 1.29 is 9.53 Å². The van der Waals surface area contributed by atoms with Crippen molar-refractivity contribution in [2.24, 2.45) is 5.41 Å². The fraction of sp³-hybridized carbons (Fsp3) is 0.500. The molecule has 1 aliphatic carbocycles. The lowest BCUT2D eigenvalue weighted by Crippen LogP contribution is -2.33. The molecule has 1 aliphatic rings. The van der Waals surface area contributed by atoms with Crippen molar-refractivity contribution in [2.45, 2.75) is 25.8 Å². The molecule has 1 atom stereocenters. The van der Waals surface area contributed by atoms with E-state index in [2.05, 4.69) is 36.5 Å². The molecule has 1 unspecified atom stereocenters. The van der Waals surface area contributed by atoms with Crippen LogP contribution in [0.4, 0.5) is 0 Å². The van der Waals surface area contributed by atoms with Gasteiger partial charge in [0.25, 0.3) is 0 Å². The lowest BCUT2D eigenvalue weighted by Gasteiger charge is -2.25. The summed E-state index contributed by atoms with van der Waals surface area (Å²) in [5.41, 5.74) is 2.03. The Morgan fingerprint density at radius 2 is 1.94 bits per heavy atom. The molecule has 3 heteroatoms. The van der Waals surface area contributed by atoms with E-state index in [0.29, 0.717) is 0 Å². The molecule has 1 aromatic carbocycles. The van der Waals surface area contributed by atoms with E-state index in [1.807, 2.05) is 7.05 Å². The van der Waals surface area contributed by atoms with Crippen LogP contribution in [0.5, 0.6) is 0 Å². The second-order valence-electron chi connectivity index (χ2n) is 4.78. The van der Waals surface area contributed by atoms with E-state index in [0.717, 1.165) is 18.4 Å². The number of carbonyl (C=O) groups excluding carboxylic acids is 1. The molecule has 0 bridgehead atoms. The van der Waals surface area contributed by atoms with Crippen LogP contribution in [0.15, 0.2) is 24.3 Å². The fourth-order valence-corrected chi connectivity index (χ4v) is 2.47. The summed E-state index contributed by atoms with van der Waals surface area (Å²) in [4.78, 5) is 11.9. The molecule has 3 nitrogen and oxygen atoms in total. The van der Waals surface area contributed by atoms with Crippen LogP contribution in [-0.4, -0.2) is 20.1 Å². The van der Waals surface area contributed by atoms with Crippen LogP contribution in [0.25, 0.3) is 0 Å². The number of carbonyl (C=O) groups is 1. The first-order valence-corrected chi connectivity index (χ1v) is 5.96. The van der Waals surface area contributed by atoms with Crippen molar-refractivity contribution in [1.82, 2.24) is 5.32 Å². The Hall–Kier alpha value is -1.35. The van der Waals surface area contributed by atoms with E-state index in [1.54, 1.807) is 0 Å². The van der Waals surface area contributed by atoms with Crippen molar-refractivity contribution in [2.75, 3.05) is 14.2 Å². The molecule has 2 rings (SSSR count). The first-order valence-electron chi connectivity index (χ1n) is 5.96. The van der Waals surface area contributed by atoms with Crippen LogP contribution < -0.4 is 5.32 Å². The van der Waals surface area contributed by atoms with Crippen LogP contribution in [0.3, 0.4) is 0 Å². The van der Waals surface area contributed by atoms with Crippen LogP contribution in [0.2, 0.25) is 0 Å². The van der Waals surface area contributed by atoms with Gasteiger partial charge in [-0.15, -0.1) is 0 Å². The molecule has 1 saturated carbocycles. The van der Waals surface area contributed by atoms with Crippen molar-refractivity contribution in [1.29, 1.82) is 0 Å². The molecule has 17 heavy (non-hydrogen) atoms. The second-order valence-corrected chi connectivity index (χ2v) is 4.78. The highest BCUT2D eigenvalue weighted by atomic mass is 16.5. The normalized spacial score (nSPS) is 18.5. The van der Waals surface area contributed by atoms with Gasteiger partial charge in [-0.3, -0.25) is 4.79 Å². The first kappa shape index (κ1) is 12.1. The van der Waals surface area contributed by atoms with Gasteiger partial charge in [0.15, 0.2) is 0 Å². The van der Waals surface area contributed by atoms with Gasteiger partial charge in [-0.2, -0.15) is 0 Å². The summed E-state index contributed by atoms with van der Waals surface area (Å²) >= 11 is 0. The van der Waals surface area contributed by atoms with E-state index >= 15 is 0 Å². The number of methoxy groups -OCH3 is 1. The quantitative estimate of drug-likeness (QED) is 0.810. The summed E-state index contributed by atoms with van der Waals surface area (Å²) in [6.45, 7) is 2.06. The molecular weight excluding hydrogens is 214 g/mol. The summed E-state index contributed by atoms with van der Waals surface area (Å²) in [5, 5.41) is 3.25. The van der Waals surface area contributed by atoms with Crippen LogP contribution in [-0.2, 0) is 9.53 Å². The van der Waals surface area contributed by atoms with Crippen molar-refractivity contribution in [3.05, 3.63) is 35.4 Å². The Kier molecular flexibility index (Phi) is 3.20. The van der Waals surface area contributed by atoms with E-state index in [1.165, 1.54) is 12.7 Å². The van der Waals surface area contributed by atoms with Gasteiger partial charge >= 0.3 is 5.97 Å². The number of esters is 1. The maximum absolute atomic E-state index is 11.9. The fourth-order valence-electron chi connectivity index (χ4n) is 2.47. The highest BCUT2D eigenvalue weighted by Gasteiger charge is 2.56. The van der Waals surface area contributed by atoms with Crippen LogP contribution in [0, 0.1) is 12.3 Å². The van der Waals surface area contributed by atoms with Crippen LogP contribution >= 0.6 is 0 Å². The molecule has 0 aromatic heterocycles. The average Bonchev–Trinajstić information content (AvgIpc) is 3.13. The third-order valence-electron chi connectivity index (χ3n) is 3.63. The smallest absolute Gasteiger partial charge is 0.313 e. The van der Waals surface area contributed by atoms with E-state index in [9.17, 15) is 4.79 Å². The van der Waals surface area contributed by atoms with E-state index < -0.39 is 0 Å². The first-order chi connectivity index (χ1) is 8.14. The van der Waals surface area contributed by atoms with Gasteiger partial charge < -0.3 is 10.1 Å². The van der Waals surface area contributed by atoms with Gasteiger partial charge in [0.05, 0.1) is 12.5 Å². The number of benzene rings is 1. The van der Waals surface area contributed by atoms with Crippen molar-refractivity contribution in [3.8, 4) is 0 Å². The predicted octanol–water partition coefficient (Wildman–Crippen LogP) is 2.21. The minimum Gasteiger partial charge on any atom is -0.469 e. The molecule has 0 amide bonds. The third-order valence-corrected chi connectivity index (χ3v) is 3.63. The van der Waals surface area contributed by atoms with Gasteiger partial charge in [0.2, 0.25) is 0 Å². The summed E-state index contributed by atoms with van der Waals surface area (Å²) in [5.74, 6) is -0.0996. The number of hydrogen-bond donors (Lipinski definition) is 1. The van der Waals surface area contributed by atoms with E-state index in [-0.39, 0.29) is 17.4 Å². The SMILES string of the molecule is CNC(c1ccc(C)cc1)C1(C(=O)OC)CC1. The molecule has 0 spiro atoms. The summed E-state index contributed by atoms with van der Waals surface area (Å²) in [6.07, 6.45) is 1.80. The zero-order valence-corrected chi connectivity index (χ0v) is 10.6. The molecule has 0 radical (unpaired) electrons. The molecule has 92 valence electrons. The van der Waals surface area contributed by atoms with Crippen LogP contribution in [0.1, 0.15) is 30.0 Å². The standard InChI is InChI=1S/C14H19NO2/c1-10-4-6-11(7-5-10)12(15-2)14(8-9-14)13(16)17-3/h4-7,12,15H,8-9H2,1-3H3. The van der Waals surface area contributed by atoms with Gasteiger partial charge in [-0.1, -0.05) is 29.8 Å². The Morgan fingerprint density at radius 3 is 2.35 bits per heavy atom. The molecule has 1 N–H and O–H groups in total. The molecule has 1 aromatic rings. The van der Waals surface area contributed by atoms with Gasteiger partial charge in [0.1, 0.15) is 0 Å². The number of hydrogen-bond acceptors (Lipinski definition) is 3. The third kappa shape index (κ3) is 2.07. The number of nitrogens with one attached hydrogen (secondary N) is 1. The van der Waals surface area contributed by atoms with E-state index in [4.69, 9.17) is 4.74 Å². The highest BCUT2D eigenvalue weighted by Crippen LogP contribution is 2.55. The molecule has 0 heterocycles. The van der Waals surface area contributed by atoms with Crippen molar-refractivity contribution >= 4 is 5.97 Å². The zero-order valence-electron chi connectivity index (χ0n) is 10.6. The number of aryl methyl sites for hydroxylation is 1. The average molecular weight is 233 g/mol. The second kappa shape index (κ2) is 4.49. The molecule has 0 aliphatic heterocycles. The largest absolute Gasteiger partial charge is 0.469 e. The lowest BCUT2D eigenvalue weighted by atomic mass is 9.89. The predicted molar refractivity (Wildman–Crippen MR) is 66.7 cm³/mol. The van der Waals surface area contributed by atoms with Gasteiger partial charge in [0, 0.05) is 6.04 Å². The summed E-state index contributed by atoms with van der Waals surface area (Å²) in [6, 6.07) is 8.37. The summed E-state index contributed by atoms with van der Waals surface area (Å²) < 4.78 is 4.93. The topological polar surface area (TPSA) is 38.3 Å². The monoisotopic (exact) mass is 233 g/mol. The Bertz CT molecular complexity index is 407. The Labute approximate surface area is 102 Å². The number of rotatable bonds is 4. The zero-order chi connectivity index (χ0) is 12.5. The molecule has 0 saturated heterocycles. The van der Waals surface area contributed by atoms with Crippen molar-refractivity contribution in [3.63, 3.8) is 0 Å². The maximum Gasteiger partial charge on any atom is 0.313 e. The number of ether oxygens (including phenoxy) is 1. The lowest BCUT2D eigenvalue weighted by molar-refractivity contribution is -0.148. The minimum absolute atomic E-state index is 0.0514. The van der Waals surface area contributed by atoms with Gasteiger partial charge in [-0.25, -0.2) is 0 Å². The minimum atomic E-state index is -0.348. The maximum atomic E-state index is 11.9.